The maximum absolute atomic E-state index is 10.7. The topological polar surface area (TPSA) is 33.1 Å². The molecule has 4 rings (SSSR count). The second-order valence-electron chi connectivity index (χ2n) is 5.28. The molecule has 2 heterocycles. The van der Waals surface area contributed by atoms with Crippen LogP contribution in [-0.2, 0) is 12.8 Å². The average molecular weight is 281 g/mol. The second-order valence-corrected chi connectivity index (χ2v) is 6.44. The molecule has 1 unspecified atom stereocenters. The first kappa shape index (κ1) is 12.1. The van der Waals surface area contributed by atoms with Crippen LogP contribution in [0.4, 0.5) is 0 Å². The van der Waals surface area contributed by atoms with Gasteiger partial charge in [-0.05, 0) is 37.0 Å². The number of thiophene rings is 1. The lowest BCUT2D eigenvalue weighted by atomic mass is 10.0. The summed E-state index contributed by atoms with van der Waals surface area (Å²) < 4.78 is 0. The monoisotopic (exact) mass is 281 g/mol. The predicted molar refractivity (Wildman–Crippen MR) is 82.1 cm³/mol. The molecule has 1 aromatic carbocycles. The standard InChI is InChI=1S/C17H15NOS/c19-17(15-10-12-5-2-8-14(12)20-15)13-7-1-4-11-6-3-9-18-16(11)13/h1,3-4,6-7,9-10,17,19H,2,5,8H2. The van der Waals surface area contributed by atoms with Crippen molar-refractivity contribution >= 4 is 22.2 Å². The first-order valence-electron chi connectivity index (χ1n) is 6.96. The summed E-state index contributed by atoms with van der Waals surface area (Å²) in [5, 5.41) is 11.8. The molecule has 0 saturated heterocycles. The molecular formula is C17H15NOS. The van der Waals surface area contributed by atoms with Crippen molar-refractivity contribution in [3.63, 3.8) is 0 Å². The van der Waals surface area contributed by atoms with Gasteiger partial charge in [0.1, 0.15) is 6.10 Å². The Morgan fingerprint density at radius 2 is 2.05 bits per heavy atom. The largest absolute Gasteiger partial charge is 0.383 e. The number of benzene rings is 1. The van der Waals surface area contributed by atoms with Crippen LogP contribution in [0.15, 0.2) is 42.6 Å². The van der Waals surface area contributed by atoms with Gasteiger partial charge in [0.25, 0.3) is 0 Å². The lowest BCUT2D eigenvalue weighted by molar-refractivity contribution is 0.225. The number of aliphatic hydroxyl groups is 1. The Morgan fingerprint density at radius 3 is 2.95 bits per heavy atom. The minimum absolute atomic E-state index is 0.566. The molecule has 0 spiro atoms. The Kier molecular flexibility index (Phi) is 2.83. The summed E-state index contributed by atoms with van der Waals surface area (Å²) in [5.74, 6) is 0. The van der Waals surface area contributed by atoms with Crippen LogP contribution in [0.3, 0.4) is 0 Å². The zero-order chi connectivity index (χ0) is 13.5. The summed E-state index contributed by atoms with van der Waals surface area (Å²) in [6, 6.07) is 12.1. The third kappa shape index (κ3) is 1.86. The van der Waals surface area contributed by atoms with E-state index in [0.717, 1.165) is 27.8 Å². The summed E-state index contributed by atoms with van der Waals surface area (Å²) >= 11 is 1.76. The summed E-state index contributed by atoms with van der Waals surface area (Å²) in [5.41, 5.74) is 3.23. The van der Waals surface area contributed by atoms with Crippen LogP contribution in [0.2, 0.25) is 0 Å². The number of para-hydroxylation sites is 1. The number of aliphatic hydroxyl groups excluding tert-OH is 1. The second kappa shape index (κ2) is 4.69. The van der Waals surface area contributed by atoms with Gasteiger partial charge in [0.15, 0.2) is 0 Å². The van der Waals surface area contributed by atoms with Crippen molar-refractivity contribution in [3.05, 3.63) is 63.5 Å². The van der Waals surface area contributed by atoms with Gasteiger partial charge in [0, 0.05) is 26.9 Å². The van der Waals surface area contributed by atoms with E-state index in [9.17, 15) is 5.11 Å². The minimum atomic E-state index is -0.566. The highest BCUT2D eigenvalue weighted by atomic mass is 32.1. The van der Waals surface area contributed by atoms with Crippen LogP contribution in [0.5, 0.6) is 0 Å². The van der Waals surface area contributed by atoms with Gasteiger partial charge in [0.05, 0.1) is 5.52 Å². The number of pyridine rings is 1. The van der Waals surface area contributed by atoms with Crippen LogP contribution in [0.1, 0.15) is 33.4 Å². The summed E-state index contributed by atoms with van der Waals surface area (Å²) in [7, 11) is 0. The maximum Gasteiger partial charge on any atom is 0.115 e. The SMILES string of the molecule is OC(c1cc2c(s1)CCC2)c1cccc2cccnc12. The molecule has 0 amide bonds. The molecule has 100 valence electrons. The Hall–Kier alpha value is -1.71. The van der Waals surface area contributed by atoms with E-state index in [-0.39, 0.29) is 0 Å². The van der Waals surface area contributed by atoms with Gasteiger partial charge in [-0.15, -0.1) is 11.3 Å². The molecule has 1 aliphatic rings. The van der Waals surface area contributed by atoms with Crippen molar-refractivity contribution in [2.45, 2.75) is 25.4 Å². The lowest BCUT2D eigenvalue weighted by Gasteiger charge is -2.11. The van der Waals surface area contributed by atoms with Gasteiger partial charge < -0.3 is 5.11 Å². The fourth-order valence-electron chi connectivity index (χ4n) is 2.99. The summed E-state index contributed by atoms with van der Waals surface area (Å²) in [4.78, 5) is 6.94. The van der Waals surface area contributed by atoms with Gasteiger partial charge in [0.2, 0.25) is 0 Å². The number of aryl methyl sites for hydroxylation is 2. The molecule has 2 aromatic heterocycles. The Labute approximate surface area is 121 Å². The summed E-state index contributed by atoms with van der Waals surface area (Å²) in [6.45, 7) is 0. The van der Waals surface area contributed by atoms with Crippen molar-refractivity contribution in [1.82, 2.24) is 4.98 Å². The molecule has 0 fully saturated rings. The highest BCUT2D eigenvalue weighted by Crippen LogP contribution is 2.37. The highest BCUT2D eigenvalue weighted by Gasteiger charge is 2.21. The number of aromatic nitrogens is 1. The van der Waals surface area contributed by atoms with Crippen molar-refractivity contribution < 1.29 is 5.11 Å². The molecule has 20 heavy (non-hydrogen) atoms. The number of nitrogens with zero attached hydrogens (tertiary/aromatic N) is 1. The van der Waals surface area contributed by atoms with E-state index in [1.165, 1.54) is 23.3 Å². The molecule has 3 aromatic rings. The van der Waals surface area contributed by atoms with Gasteiger partial charge in [-0.3, -0.25) is 4.98 Å². The molecular weight excluding hydrogens is 266 g/mol. The molecule has 0 aliphatic heterocycles. The van der Waals surface area contributed by atoms with E-state index >= 15 is 0 Å². The van der Waals surface area contributed by atoms with E-state index in [1.54, 1.807) is 17.5 Å². The molecule has 2 nitrogen and oxygen atoms in total. The van der Waals surface area contributed by atoms with Gasteiger partial charge >= 0.3 is 0 Å². The molecule has 1 N–H and O–H groups in total. The van der Waals surface area contributed by atoms with Gasteiger partial charge in [-0.1, -0.05) is 24.3 Å². The third-order valence-electron chi connectivity index (χ3n) is 3.99. The van der Waals surface area contributed by atoms with Crippen LogP contribution < -0.4 is 0 Å². The quantitative estimate of drug-likeness (QED) is 0.773. The fourth-order valence-corrected chi connectivity index (χ4v) is 4.25. The molecule has 1 atom stereocenters. The van der Waals surface area contributed by atoms with Crippen molar-refractivity contribution in [2.75, 3.05) is 0 Å². The van der Waals surface area contributed by atoms with Crippen molar-refractivity contribution in [3.8, 4) is 0 Å². The van der Waals surface area contributed by atoms with Crippen LogP contribution >= 0.6 is 11.3 Å². The number of fused-ring (bicyclic) bond motifs is 2. The van der Waals surface area contributed by atoms with E-state index in [2.05, 4.69) is 11.1 Å². The average Bonchev–Trinajstić information content (AvgIpc) is 3.07. The van der Waals surface area contributed by atoms with Crippen molar-refractivity contribution in [1.29, 1.82) is 0 Å². The third-order valence-corrected chi connectivity index (χ3v) is 5.28. The van der Waals surface area contributed by atoms with E-state index < -0.39 is 6.10 Å². The molecule has 0 radical (unpaired) electrons. The van der Waals surface area contributed by atoms with Crippen molar-refractivity contribution in [2.24, 2.45) is 0 Å². The smallest absolute Gasteiger partial charge is 0.115 e. The lowest BCUT2D eigenvalue weighted by Crippen LogP contribution is -1.99. The molecule has 0 bridgehead atoms. The van der Waals surface area contributed by atoms with E-state index in [4.69, 9.17) is 0 Å². The number of hydrogen-bond acceptors (Lipinski definition) is 3. The zero-order valence-corrected chi connectivity index (χ0v) is 11.9. The fraction of sp³-hybridized carbons (Fsp3) is 0.235. The molecule has 1 aliphatic carbocycles. The number of hydrogen-bond donors (Lipinski definition) is 1. The summed E-state index contributed by atoms with van der Waals surface area (Å²) in [6.07, 6.45) is 4.80. The Balaban J connectivity index is 1.81. The normalized spacial score (nSPS) is 15.4. The number of rotatable bonds is 2. The Morgan fingerprint density at radius 1 is 1.15 bits per heavy atom. The molecule has 0 saturated carbocycles. The van der Waals surface area contributed by atoms with Gasteiger partial charge in [-0.25, -0.2) is 0 Å². The molecule has 3 heteroatoms. The van der Waals surface area contributed by atoms with Crippen LogP contribution in [0.25, 0.3) is 10.9 Å². The maximum atomic E-state index is 10.7. The van der Waals surface area contributed by atoms with E-state index in [1.807, 2.05) is 30.3 Å². The van der Waals surface area contributed by atoms with Gasteiger partial charge in [-0.2, -0.15) is 0 Å². The first-order chi connectivity index (χ1) is 9.83. The van der Waals surface area contributed by atoms with Crippen LogP contribution in [0, 0.1) is 0 Å². The first-order valence-corrected chi connectivity index (χ1v) is 7.78. The predicted octanol–water partition coefficient (Wildman–Crippen LogP) is 3.87. The van der Waals surface area contributed by atoms with E-state index in [0.29, 0.717) is 0 Å². The minimum Gasteiger partial charge on any atom is -0.383 e. The zero-order valence-electron chi connectivity index (χ0n) is 11.0. The highest BCUT2D eigenvalue weighted by molar-refractivity contribution is 7.12. The Bertz CT molecular complexity index is 751. The van der Waals surface area contributed by atoms with Crippen LogP contribution in [-0.4, -0.2) is 10.1 Å².